The molecule has 0 fully saturated rings. The van der Waals surface area contributed by atoms with Crippen LogP contribution in [0.25, 0.3) is 22.1 Å². The Kier molecular flexibility index (Phi) is 3.86. The third-order valence-corrected chi connectivity index (χ3v) is 3.71. The van der Waals surface area contributed by atoms with Crippen molar-refractivity contribution in [2.75, 3.05) is 0 Å². The van der Waals surface area contributed by atoms with E-state index in [0.717, 1.165) is 35.0 Å². The molecule has 0 bridgehead atoms. The summed E-state index contributed by atoms with van der Waals surface area (Å²) >= 11 is 0. The van der Waals surface area contributed by atoms with Crippen molar-refractivity contribution < 1.29 is 0 Å². The van der Waals surface area contributed by atoms with E-state index in [4.69, 9.17) is 4.98 Å². The lowest BCUT2D eigenvalue weighted by atomic mass is 10.2. The molecule has 0 aliphatic rings. The molecule has 3 rings (SSSR count). The van der Waals surface area contributed by atoms with Gasteiger partial charge in [-0.2, -0.15) is 0 Å². The first kappa shape index (κ1) is 14.0. The molecule has 4 nitrogen and oxygen atoms in total. The number of aromatic nitrogens is 4. The number of unbranched alkanes of at least 4 members (excludes halogenated alkanes) is 1. The minimum Gasteiger partial charge on any atom is -0.326 e. The zero-order valence-corrected chi connectivity index (χ0v) is 13.0. The van der Waals surface area contributed by atoms with Gasteiger partial charge in [0.1, 0.15) is 16.9 Å². The Morgan fingerprint density at radius 3 is 2.81 bits per heavy atom. The zero-order valence-electron chi connectivity index (χ0n) is 13.0. The number of fused-ring (bicyclic) bond motifs is 3. The van der Waals surface area contributed by atoms with Gasteiger partial charge in [-0.05, 0) is 24.5 Å². The molecule has 0 N–H and O–H groups in total. The largest absolute Gasteiger partial charge is 0.326 e. The van der Waals surface area contributed by atoms with E-state index in [0.29, 0.717) is 5.92 Å². The highest BCUT2D eigenvalue weighted by atomic mass is 15.1. The van der Waals surface area contributed by atoms with E-state index in [1.165, 1.54) is 18.7 Å². The Morgan fingerprint density at radius 2 is 2.05 bits per heavy atom. The van der Waals surface area contributed by atoms with E-state index in [9.17, 15) is 0 Å². The molecule has 0 amide bonds. The van der Waals surface area contributed by atoms with Crippen molar-refractivity contribution in [1.82, 2.24) is 19.5 Å². The summed E-state index contributed by atoms with van der Waals surface area (Å²) < 4.78 is 2.35. The number of hydrogen-bond acceptors (Lipinski definition) is 3. The maximum atomic E-state index is 4.81. The molecule has 0 aliphatic carbocycles. The van der Waals surface area contributed by atoms with Crippen LogP contribution in [-0.4, -0.2) is 19.5 Å². The van der Waals surface area contributed by atoms with Crippen molar-refractivity contribution in [1.29, 1.82) is 0 Å². The highest BCUT2D eigenvalue weighted by Crippen LogP contribution is 2.24. The highest BCUT2D eigenvalue weighted by Gasteiger charge is 2.15. The molecule has 0 aromatic carbocycles. The van der Waals surface area contributed by atoms with Gasteiger partial charge in [0.25, 0.3) is 0 Å². The van der Waals surface area contributed by atoms with Crippen molar-refractivity contribution in [2.45, 2.75) is 46.6 Å². The molecule has 0 saturated heterocycles. The molecule has 0 saturated carbocycles. The molecule has 21 heavy (non-hydrogen) atoms. The Labute approximate surface area is 125 Å². The molecular weight excluding hydrogens is 260 g/mol. The summed E-state index contributed by atoms with van der Waals surface area (Å²) in [6, 6.07) is 3.95. The van der Waals surface area contributed by atoms with Gasteiger partial charge in [0.05, 0.1) is 17.2 Å². The van der Waals surface area contributed by atoms with Gasteiger partial charge < -0.3 is 4.57 Å². The quantitative estimate of drug-likeness (QED) is 0.711. The van der Waals surface area contributed by atoms with Gasteiger partial charge in [0.2, 0.25) is 0 Å². The Morgan fingerprint density at radius 1 is 1.19 bits per heavy atom. The van der Waals surface area contributed by atoms with Gasteiger partial charge in [-0.15, -0.1) is 0 Å². The van der Waals surface area contributed by atoms with Gasteiger partial charge in [-0.25, -0.2) is 4.98 Å². The lowest BCUT2D eigenvalue weighted by Crippen LogP contribution is -2.09. The zero-order chi connectivity index (χ0) is 14.8. The summed E-state index contributed by atoms with van der Waals surface area (Å²) in [4.78, 5) is 13.8. The first-order valence-corrected chi connectivity index (χ1v) is 7.79. The average molecular weight is 282 g/mol. The van der Waals surface area contributed by atoms with Crippen LogP contribution in [0, 0.1) is 5.92 Å². The van der Waals surface area contributed by atoms with E-state index < -0.39 is 0 Å². The number of rotatable bonds is 5. The predicted octanol–water partition coefficient (Wildman–Crippen LogP) is 3.98. The van der Waals surface area contributed by atoms with Gasteiger partial charge >= 0.3 is 0 Å². The summed E-state index contributed by atoms with van der Waals surface area (Å²) in [5.74, 6) is 1.75. The monoisotopic (exact) mass is 282 g/mol. The maximum Gasteiger partial charge on any atom is 0.115 e. The molecule has 0 aliphatic heterocycles. The molecule has 0 atom stereocenters. The van der Waals surface area contributed by atoms with Crippen molar-refractivity contribution >= 4 is 22.1 Å². The van der Waals surface area contributed by atoms with Gasteiger partial charge in [-0.3, -0.25) is 9.97 Å². The minimum atomic E-state index is 0.578. The number of nitrogens with zero attached hydrogens (tertiary/aromatic N) is 4. The summed E-state index contributed by atoms with van der Waals surface area (Å²) in [7, 11) is 0. The summed E-state index contributed by atoms with van der Waals surface area (Å²) in [5, 5.41) is 0. The van der Waals surface area contributed by atoms with Crippen LogP contribution in [0.15, 0.2) is 24.5 Å². The Hall–Kier alpha value is -1.97. The maximum absolute atomic E-state index is 4.81. The van der Waals surface area contributed by atoms with Crippen LogP contribution in [0.2, 0.25) is 0 Å². The van der Waals surface area contributed by atoms with Crippen molar-refractivity contribution in [3.8, 4) is 0 Å². The molecular formula is C17H22N4. The van der Waals surface area contributed by atoms with Crippen LogP contribution < -0.4 is 0 Å². The van der Waals surface area contributed by atoms with Crippen LogP contribution in [0.4, 0.5) is 0 Å². The number of hydrogen-bond donors (Lipinski definition) is 0. The molecule has 0 radical (unpaired) electrons. The summed E-state index contributed by atoms with van der Waals surface area (Å²) in [6.45, 7) is 7.68. The first-order valence-electron chi connectivity index (χ1n) is 7.79. The van der Waals surface area contributed by atoms with Crippen LogP contribution >= 0.6 is 0 Å². The van der Waals surface area contributed by atoms with Gasteiger partial charge in [0.15, 0.2) is 0 Å². The van der Waals surface area contributed by atoms with E-state index in [1.54, 1.807) is 0 Å². The van der Waals surface area contributed by atoms with E-state index in [2.05, 4.69) is 35.3 Å². The van der Waals surface area contributed by atoms with Gasteiger partial charge in [-0.1, -0.05) is 27.2 Å². The van der Waals surface area contributed by atoms with Crippen LogP contribution in [0.5, 0.6) is 0 Å². The third-order valence-electron chi connectivity index (χ3n) is 3.71. The lowest BCUT2D eigenvalue weighted by molar-refractivity contribution is 0.513. The predicted molar refractivity (Wildman–Crippen MR) is 86.3 cm³/mol. The van der Waals surface area contributed by atoms with Crippen molar-refractivity contribution in [3.63, 3.8) is 0 Å². The van der Waals surface area contributed by atoms with Crippen molar-refractivity contribution in [2.24, 2.45) is 5.92 Å². The van der Waals surface area contributed by atoms with Crippen LogP contribution in [0.1, 0.15) is 39.4 Å². The smallest absolute Gasteiger partial charge is 0.115 e. The van der Waals surface area contributed by atoms with Crippen molar-refractivity contribution in [3.05, 3.63) is 30.4 Å². The number of imidazole rings is 1. The Bertz CT molecular complexity index is 758. The summed E-state index contributed by atoms with van der Waals surface area (Å²) in [5.41, 5.74) is 4.01. The lowest BCUT2D eigenvalue weighted by Gasteiger charge is -2.12. The molecule has 110 valence electrons. The topological polar surface area (TPSA) is 43.6 Å². The molecule has 3 heterocycles. The van der Waals surface area contributed by atoms with Crippen LogP contribution in [-0.2, 0) is 13.0 Å². The minimum absolute atomic E-state index is 0.578. The highest BCUT2D eigenvalue weighted by molar-refractivity contribution is 5.99. The van der Waals surface area contributed by atoms with E-state index in [1.807, 2.05) is 24.5 Å². The molecule has 0 spiro atoms. The summed E-state index contributed by atoms with van der Waals surface area (Å²) in [6.07, 6.45) is 7.09. The SMILES string of the molecule is CCCCc1nc2cnc3cccnc3c2n1CC(C)C. The second-order valence-electron chi connectivity index (χ2n) is 6.00. The van der Waals surface area contributed by atoms with E-state index in [-0.39, 0.29) is 0 Å². The second-order valence-corrected chi connectivity index (χ2v) is 6.00. The third kappa shape index (κ3) is 2.62. The fraction of sp³-hybridized carbons (Fsp3) is 0.471. The Balaban J connectivity index is 2.25. The molecule has 3 aromatic heterocycles. The number of aryl methyl sites for hydroxylation is 1. The molecule has 3 aromatic rings. The van der Waals surface area contributed by atoms with E-state index >= 15 is 0 Å². The first-order chi connectivity index (χ1) is 10.2. The second kappa shape index (κ2) is 5.80. The fourth-order valence-electron chi connectivity index (χ4n) is 2.76. The molecule has 0 unspecified atom stereocenters. The normalized spacial score (nSPS) is 11.8. The van der Waals surface area contributed by atoms with Crippen LogP contribution in [0.3, 0.4) is 0 Å². The average Bonchev–Trinajstić information content (AvgIpc) is 2.82. The van der Waals surface area contributed by atoms with Gasteiger partial charge in [0, 0.05) is 19.2 Å². The number of pyridine rings is 2. The fourth-order valence-corrected chi connectivity index (χ4v) is 2.76. The standard InChI is InChI=1S/C17H22N4/c1-4-5-8-15-20-14-10-19-13-7-6-9-18-16(13)17(14)21(15)11-12(2)3/h6-7,9-10,12H,4-5,8,11H2,1-3H3. The molecule has 4 heteroatoms.